The van der Waals surface area contributed by atoms with Gasteiger partial charge in [-0.15, -0.1) is 0 Å². The molecule has 0 spiro atoms. The highest BCUT2D eigenvalue weighted by molar-refractivity contribution is 6.09. The summed E-state index contributed by atoms with van der Waals surface area (Å²) in [6.07, 6.45) is 0.602. The molecule has 5 heteroatoms. The number of methoxy groups -OCH3 is 1. The molecule has 0 N–H and O–H groups in total. The van der Waals surface area contributed by atoms with Crippen LogP contribution in [0.2, 0.25) is 0 Å². The first kappa shape index (κ1) is 25.3. The summed E-state index contributed by atoms with van der Waals surface area (Å²) in [7, 11) is 1.61. The molecule has 38 heavy (non-hydrogen) atoms. The SMILES string of the molecule is COc1ccc(C(=O)N2c3ccc(C)cc3C(N(C(=O)c3ccccc3)c3ccc(C)cc3)CC2C)cc1. The molecule has 1 heterocycles. The first-order valence-electron chi connectivity index (χ1n) is 12.9. The average molecular weight is 505 g/mol. The highest BCUT2D eigenvalue weighted by Crippen LogP contribution is 2.44. The van der Waals surface area contributed by atoms with Gasteiger partial charge in [0.25, 0.3) is 11.8 Å². The third-order valence-electron chi connectivity index (χ3n) is 7.23. The minimum Gasteiger partial charge on any atom is -0.497 e. The van der Waals surface area contributed by atoms with Crippen molar-refractivity contribution in [1.82, 2.24) is 0 Å². The van der Waals surface area contributed by atoms with Gasteiger partial charge >= 0.3 is 0 Å². The van der Waals surface area contributed by atoms with Crippen LogP contribution in [0, 0.1) is 13.8 Å². The first-order valence-corrected chi connectivity index (χ1v) is 12.9. The second kappa shape index (κ2) is 10.5. The Bertz CT molecular complexity index is 1450. The number of benzene rings is 4. The van der Waals surface area contributed by atoms with E-state index in [0.717, 1.165) is 28.1 Å². The fourth-order valence-electron chi connectivity index (χ4n) is 5.24. The maximum atomic E-state index is 14.1. The number of nitrogens with zero attached hydrogens (tertiary/aromatic N) is 2. The van der Waals surface area contributed by atoms with Crippen molar-refractivity contribution in [3.63, 3.8) is 0 Å². The second-order valence-electron chi connectivity index (χ2n) is 9.94. The van der Waals surface area contributed by atoms with Crippen LogP contribution in [0.5, 0.6) is 5.75 Å². The first-order chi connectivity index (χ1) is 18.4. The molecule has 0 saturated heterocycles. The maximum absolute atomic E-state index is 14.1. The molecule has 2 unspecified atom stereocenters. The van der Waals surface area contributed by atoms with Crippen molar-refractivity contribution in [2.75, 3.05) is 16.9 Å². The van der Waals surface area contributed by atoms with E-state index in [4.69, 9.17) is 4.74 Å². The van der Waals surface area contributed by atoms with Gasteiger partial charge in [0.15, 0.2) is 0 Å². The molecule has 2 atom stereocenters. The van der Waals surface area contributed by atoms with Crippen LogP contribution in [-0.2, 0) is 0 Å². The molecule has 1 aliphatic heterocycles. The largest absolute Gasteiger partial charge is 0.497 e. The molecular formula is C33H32N2O3. The van der Waals surface area contributed by atoms with Crippen molar-refractivity contribution in [3.05, 3.63) is 125 Å². The summed E-state index contributed by atoms with van der Waals surface area (Å²) in [5.41, 5.74) is 6.07. The van der Waals surface area contributed by atoms with Gasteiger partial charge < -0.3 is 14.5 Å². The van der Waals surface area contributed by atoms with E-state index in [0.29, 0.717) is 23.3 Å². The molecule has 4 aromatic carbocycles. The van der Waals surface area contributed by atoms with Crippen LogP contribution in [0.15, 0.2) is 97.1 Å². The van der Waals surface area contributed by atoms with E-state index in [1.54, 1.807) is 31.4 Å². The maximum Gasteiger partial charge on any atom is 0.258 e. The number of hydrogen-bond donors (Lipinski definition) is 0. The molecule has 2 amide bonds. The lowest BCUT2D eigenvalue weighted by Gasteiger charge is -2.44. The molecule has 0 bridgehead atoms. The van der Waals surface area contributed by atoms with Gasteiger partial charge in [-0.05, 0) is 87.4 Å². The number of carbonyl (C=O) groups excluding carboxylic acids is 2. The Morgan fingerprint density at radius 1 is 0.816 bits per heavy atom. The van der Waals surface area contributed by atoms with Crippen molar-refractivity contribution >= 4 is 23.2 Å². The number of amides is 2. The normalized spacial score (nSPS) is 16.5. The van der Waals surface area contributed by atoms with Crippen LogP contribution in [0.1, 0.15) is 56.8 Å². The Kier molecular flexibility index (Phi) is 7.01. The van der Waals surface area contributed by atoms with Crippen molar-refractivity contribution in [1.29, 1.82) is 0 Å². The zero-order chi connectivity index (χ0) is 26.8. The average Bonchev–Trinajstić information content (AvgIpc) is 2.94. The smallest absolute Gasteiger partial charge is 0.258 e. The summed E-state index contributed by atoms with van der Waals surface area (Å²) in [6.45, 7) is 6.13. The zero-order valence-corrected chi connectivity index (χ0v) is 22.2. The summed E-state index contributed by atoms with van der Waals surface area (Å²) in [5.74, 6) is 0.575. The highest BCUT2D eigenvalue weighted by atomic mass is 16.5. The monoisotopic (exact) mass is 504 g/mol. The molecule has 0 fully saturated rings. The minimum atomic E-state index is -0.241. The van der Waals surface area contributed by atoms with Gasteiger partial charge in [-0.3, -0.25) is 9.59 Å². The van der Waals surface area contributed by atoms with Gasteiger partial charge in [0.05, 0.1) is 13.2 Å². The molecular weight excluding hydrogens is 472 g/mol. The Morgan fingerprint density at radius 2 is 1.47 bits per heavy atom. The van der Waals surface area contributed by atoms with Crippen LogP contribution in [0.25, 0.3) is 0 Å². The van der Waals surface area contributed by atoms with Crippen LogP contribution >= 0.6 is 0 Å². The lowest BCUT2D eigenvalue weighted by Crippen LogP contribution is -2.48. The fraction of sp³-hybridized carbons (Fsp3) is 0.212. The summed E-state index contributed by atoms with van der Waals surface area (Å²) in [6, 6.07) is 30.4. The third kappa shape index (κ3) is 4.80. The zero-order valence-electron chi connectivity index (χ0n) is 22.2. The standard InChI is InChI=1S/C33H32N2O3/c1-22-10-15-27(16-11-22)35(33(37)25-8-6-5-7-9-25)31-21-24(3)34(30-19-12-23(2)20-29(30)31)32(36)26-13-17-28(38-4)18-14-26/h5-20,24,31H,21H2,1-4H3. The summed E-state index contributed by atoms with van der Waals surface area (Å²) < 4.78 is 5.27. The number of anilines is 2. The van der Waals surface area contributed by atoms with Gasteiger partial charge in [-0.1, -0.05) is 53.6 Å². The highest BCUT2D eigenvalue weighted by Gasteiger charge is 2.39. The molecule has 192 valence electrons. The van der Waals surface area contributed by atoms with Crippen molar-refractivity contribution in [2.24, 2.45) is 0 Å². The van der Waals surface area contributed by atoms with E-state index in [-0.39, 0.29) is 23.9 Å². The van der Waals surface area contributed by atoms with Crippen molar-refractivity contribution in [2.45, 2.75) is 39.3 Å². The molecule has 1 aliphatic rings. The van der Waals surface area contributed by atoms with Crippen LogP contribution in [0.3, 0.4) is 0 Å². The van der Waals surface area contributed by atoms with E-state index in [1.807, 2.05) is 90.4 Å². The lowest BCUT2D eigenvalue weighted by atomic mass is 9.88. The quantitative estimate of drug-likeness (QED) is 0.290. The Morgan fingerprint density at radius 3 is 2.13 bits per heavy atom. The van der Waals surface area contributed by atoms with E-state index >= 15 is 0 Å². The van der Waals surface area contributed by atoms with E-state index in [9.17, 15) is 9.59 Å². The van der Waals surface area contributed by atoms with E-state index in [2.05, 4.69) is 13.0 Å². The van der Waals surface area contributed by atoms with Gasteiger partial charge in [0.1, 0.15) is 5.75 Å². The molecule has 5 nitrogen and oxygen atoms in total. The third-order valence-corrected chi connectivity index (χ3v) is 7.23. The van der Waals surface area contributed by atoms with Crippen LogP contribution < -0.4 is 14.5 Å². The van der Waals surface area contributed by atoms with E-state index < -0.39 is 0 Å². The number of hydrogen-bond acceptors (Lipinski definition) is 3. The minimum absolute atomic E-state index is 0.0611. The summed E-state index contributed by atoms with van der Waals surface area (Å²) in [4.78, 5) is 31.6. The second-order valence-corrected chi connectivity index (χ2v) is 9.94. The molecule has 0 aliphatic carbocycles. The van der Waals surface area contributed by atoms with Gasteiger partial charge in [0.2, 0.25) is 0 Å². The Hall–Kier alpha value is -4.38. The van der Waals surface area contributed by atoms with Crippen LogP contribution in [-0.4, -0.2) is 25.0 Å². The Labute approximate surface area is 224 Å². The van der Waals surface area contributed by atoms with Gasteiger partial charge in [0, 0.05) is 28.5 Å². The predicted octanol–water partition coefficient (Wildman–Crippen LogP) is 7.14. The molecule has 4 aromatic rings. The molecule has 0 saturated carbocycles. The fourth-order valence-corrected chi connectivity index (χ4v) is 5.24. The number of carbonyl (C=O) groups is 2. The van der Waals surface area contributed by atoms with Crippen molar-refractivity contribution < 1.29 is 14.3 Å². The molecule has 0 aromatic heterocycles. The van der Waals surface area contributed by atoms with Crippen molar-refractivity contribution in [3.8, 4) is 5.75 Å². The topological polar surface area (TPSA) is 49.9 Å². The number of aryl methyl sites for hydroxylation is 2. The molecule has 5 rings (SSSR count). The summed E-state index contributed by atoms with van der Waals surface area (Å²) in [5, 5.41) is 0. The number of ether oxygens (including phenoxy) is 1. The number of rotatable bonds is 5. The predicted molar refractivity (Wildman–Crippen MR) is 152 cm³/mol. The number of fused-ring (bicyclic) bond motifs is 1. The molecule has 0 radical (unpaired) electrons. The lowest BCUT2D eigenvalue weighted by molar-refractivity contribution is 0.0965. The van der Waals surface area contributed by atoms with Gasteiger partial charge in [-0.2, -0.15) is 0 Å². The van der Waals surface area contributed by atoms with E-state index in [1.165, 1.54) is 0 Å². The summed E-state index contributed by atoms with van der Waals surface area (Å²) >= 11 is 0. The Balaban J connectivity index is 1.62. The van der Waals surface area contributed by atoms with Crippen LogP contribution in [0.4, 0.5) is 11.4 Å². The van der Waals surface area contributed by atoms with Gasteiger partial charge in [-0.25, -0.2) is 0 Å².